The highest BCUT2D eigenvalue weighted by atomic mass is 16.5. The number of carbonyl (C=O) groups is 2. The molecule has 4 rings (SSSR count). The molecule has 1 amide bonds. The summed E-state index contributed by atoms with van der Waals surface area (Å²) in [6, 6.07) is 3.36. The highest BCUT2D eigenvalue weighted by Crippen LogP contribution is 2.37. The highest BCUT2D eigenvalue weighted by molar-refractivity contribution is 6.44. The molecule has 1 fully saturated rings. The van der Waals surface area contributed by atoms with Gasteiger partial charge < -0.3 is 24.4 Å². The van der Waals surface area contributed by atoms with Crippen molar-refractivity contribution >= 4 is 24.7 Å². The zero-order valence-electron chi connectivity index (χ0n) is 13.9. The van der Waals surface area contributed by atoms with Crippen LogP contribution in [0.4, 0.5) is 0 Å². The molecule has 0 bridgehead atoms. The van der Waals surface area contributed by atoms with Crippen molar-refractivity contribution in [1.82, 2.24) is 4.90 Å². The first-order valence-corrected chi connectivity index (χ1v) is 8.44. The fourth-order valence-electron chi connectivity index (χ4n) is 3.26. The fourth-order valence-corrected chi connectivity index (χ4v) is 3.26. The molecule has 2 N–H and O–H groups in total. The van der Waals surface area contributed by atoms with Crippen LogP contribution in [0.25, 0.3) is 0 Å². The second kappa shape index (κ2) is 6.49. The quantitative estimate of drug-likeness (QED) is 0.771. The molecule has 0 spiro atoms. The van der Waals surface area contributed by atoms with Crippen molar-refractivity contribution in [3.63, 3.8) is 0 Å². The molecule has 8 nitrogen and oxygen atoms in total. The first-order valence-electron chi connectivity index (χ1n) is 8.44. The van der Waals surface area contributed by atoms with Gasteiger partial charge in [-0.1, -0.05) is 12.1 Å². The fraction of sp³-hybridized carbons (Fsp3) is 0.353. The van der Waals surface area contributed by atoms with Gasteiger partial charge in [0.15, 0.2) is 0 Å². The largest absolute Gasteiger partial charge is 0.535 e. The second-order valence-electron chi connectivity index (χ2n) is 6.46. The Labute approximate surface area is 149 Å². The summed E-state index contributed by atoms with van der Waals surface area (Å²) in [5.41, 5.74) is 1.15. The normalized spacial score (nSPS) is 18.7. The Balaban J connectivity index is 1.47. The van der Waals surface area contributed by atoms with Gasteiger partial charge in [-0.15, -0.1) is 0 Å². The number of aromatic carboxylic acids is 1. The average molecular weight is 356 g/mol. The Bertz CT molecular complexity index is 831. The van der Waals surface area contributed by atoms with E-state index in [1.54, 1.807) is 23.2 Å². The lowest BCUT2D eigenvalue weighted by Gasteiger charge is -2.39. The summed E-state index contributed by atoms with van der Waals surface area (Å²) in [6.45, 7) is 0.745. The van der Waals surface area contributed by atoms with E-state index in [9.17, 15) is 19.7 Å². The van der Waals surface area contributed by atoms with E-state index in [4.69, 9.17) is 9.39 Å². The van der Waals surface area contributed by atoms with Gasteiger partial charge in [-0.05, 0) is 24.4 Å². The zero-order chi connectivity index (χ0) is 18.3. The minimum Gasteiger partial charge on any atom is -0.535 e. The number of carboxylic acid groups (broad SMARTS) is 1. The number of nitrogens with zero attached hydrogens (tertiary/aromatic N) is 2. The SMILES string of the molecule is O=C(O)c1c(OC2CN(C(=O)C3=NC=CC3)C2)ccc2c1OB(O)CC2. The number of carbonyl (C=O) groups excluding carboxylic acids is 1. The number of hydrogen-bond donors (Lipinski definition) is 2. The molecule has 134 valence electrons. The maximum absolute atomic E-state index is 12.2. The Hall–Kier alpha value is -2.81. The molecule has 3 aliphatic rings. The number of aliphatic imine (C=N–C) groups is 1. The van der Waals surface area contributed by atoms with Crippen LogP contribution in [0.3, 0.4) is 0 Å². The van der Waals surface area contributed by atoms with Crippen LogP contribution in [0.5, 0.6) is 11.5 Å². The van der Waals surface area contributed by atoms with Crippen LogP contribution in [0.2, 0.25) is 6.32 Å². The Morgan fingerprint density at radius 3 is 2.85 bits per heavy atom. The molecular formula is C17H17BN2O6. The van der Waals surface area contributed by atoms with Gasteiger partial charge >= 0.3 is 13.1 Å². The molecule has 0 unspecified atom stereocenters. The maximum atomic E-state index is 12.2. The van der Waals surface area contributed by atoms with Gasteiger partial charge in [0.1, 0.15) is 28.9 Å². The van der Waals surface area contributed by atoms with Gasteiger partial charge in [0, 0.05) is 12.6 Å². The summed E-state index contributed by atoms with van der Waals surface area (Å²) in [5, 5.41) is 19.2. The van der Waals surface area contributed by atoms with Crippen LogP contribution in [-0.4, -0.2) is 58.9 Å². The average Bonchev–Trinajstić information content (AvgIpc) is 3.10. The number of fused-ring (bicyclic) bond motifs is 1. The van der Waals surface area contributed by atoms with E-state index < -0.39 is 13.1 Å². The number of aryl methyl sites for hydroxylation is 1. The minimum absolute atomic E-state index is 0.0876. The molecule has 1 aromatic carbocycles. The third-order valence-electron chi connectivity index (χ3n) is 4.65. The number of hydrogen-bond acceptors (Lipinski definition) is 6. The van der Waals surface area contributed by atoms with E-state index in [2.05, 4.69) is 4.99 Å². The smallest absolute Gasteiger partial charge is 0.522 e. The number of rotatable bonds is 4. The first kappa shape index (κ1) is 16.7. The summed E-state index contributed by atoms with van der Waals surface area (Å²) in [7, 11) is -1.02. The first-order chi connectivity index (χ1) is 12.5. The Kier molecular flexibility index (Phi) is 4.16. The molecule has 0 atom stereocenters. The van der Waals surface area contributed by atoms with Crippen molar-refractivity contribution in [3.8, 4) is 11.5 Å². The van der Waals surface area contributed by atoms with E-state index in [1.165, 1.54) is 0 Å². The highest BCUT2D eigenvalue weighted by Gasteiger charge is 2.36. The van der Waals surface area contributed by atoms with Crippen molar-refractivity contribution in [2.45, 2.75) is 25.3 Å². The zero-order valence-corrected chi connectivity index (χ0v) is 13.9. The number of amides is 1. The third kappa shape index (κ3) is 2.94. The molecule has 0 saturated carbocycles. The van der Waals surface area contributed by atoms with Gasteiger partial charge in [-0.25, -0.2) is 4.79 Å². The van der Waals surface area contributed by atoms with Crippen molar-refractivity contribution in [1.29, 1.82) is 0 Å². The second-order valence-corrected chi connectivity index (χ2v) is 6.46. The molecule has 3 heterocycles. The van der Waals surface area contributed by atoms with Gasteiger partial charge in [-0.3, -0.25) is 9.79 Å². The van der Waals surface area contributed by atoms with Crippen LogP contribution in [0, 0.1) is 0 Å². The van der Waals surface area contributed by atoms with E-state index in [0.717, 1.165) is 5.56 Å². The summed E-state index contributed by atoms with van der Waals surface area (Å²) >= 11 is 0. The van der Waals surface area contributed by atoms with Gasteiger partial charge in [0.25, 0.3) is 5.91 Å². The predicted octanol–water partition coefficient (Wildman–Crippen LogP) is 0.748. The van der Waals surface area contributed by atoms with E-state index in [-0.39, 0.29) is 29.1 Å². The predicted molar refractivity (Wildman–Crippen MR) is 92.7 cm³/mol. The van der Waals surface area contributed by atoms with Crippen LogP contribution < -0.4 is 9.39 Å². The maximum Gasteiger partial charge on any atom is 0.522 e. The van der Waals surface area contributed by atoms with Crippen molar-refractivity contribution in [3.05, 3.63) is 35.5 Å². The van der Waals surface area contributed by atoms with Gasteiger partial charge in [-0.2, -0.15) is 0 Å². The molecular weight excluding hydrogens is 339 g/mol. The number of carboxylic acids is 1. The van der Waals surface area contributed by atoms with Gasteiger partial charge in [0.05, 0.1) is 13.1 Å². The molecule has 1 aromatic rings. The lowest BCUT2D eigenvalue weighted by Crippen LogP contribution is -2.57. The molecule has 3 aliphatic heterocycles. The minimum atomic E-state index is -1.18. The van der Waals surface area contributed by atoms with E-state index >= 15 is 0 Å². The van der Waals surface area contributed by atoms with Crippen LogP contribution in [-0.2, 0) is 11.2 Å². The molecule has 0 radical (unpaired) electrons. The van der Waals surface area contributed by atoms with Gasteiger partial charge in [0.2, 0.25) is 0 Å². The summed E-state index contributed by atoms with van der Waals surface area (Å²) in [5.74, 6) is -0.954. The molecule has 0 aliphatic carbocycles. The van der Waals surface area contributed by atoms with Crippen LogP contribution in [0.15, 0.2) is 29.4 Å². The molecule has 9 heteroatoms. The van der Waals surface area contributed by atoms with Crippen molar-refractivity contribution in [2.24, 2.45) is 4.99 Å². The van der Waals surface area contributed by atoms with Crippen LogP contribution in [0.1, 0.15) is 22.3 Å². The Morgan fingerprint density at radius 2 is 2.15 bits per heavy atom. The molecule has 1 saturated heterocycles. The summed E-state index contributed by atoms with van der Waals surface area (Å²) in [6.07, 6.45) is 4.64. The lowest BCUT2D eigenvalue weighted by atomic mass is 9.78. The lowest BCUT2D eigenvalue weighted by molar-refractivity contribution is -0.132. The molecule has 0 aromatic heterocycles. The standard InChI is InChI=1S/C17H17BN2O6/c21-16(12-2-1-7-19-12)20-8-11(9-20)25-13-4-3-10-5-6-18(24)26-15(10)14(13)17(22)23/h1,3-4,7,11,24H,2,5-6,8-9H2,(H,22,23). The number of ether oxygens (including phenoxy) is 1. The summed E-state index contributed by atoms with van der Waals surface area (Å²) in [4.78, 5) is 29.5. The topological polar surface area (TPSA) is 109 Å². The monoisotopic (exact) mass is 356 g/mol. The number of likely N-dealkylation sites (tertiary alicyclic amines) is 1. The molecule has 26 heavy (non-hydrogen) atoms. The van der Waals surface area contributed by atoms with E-state index in [0.29, 0.717) is 38.0 Å². The van der Waals surface area contributed by atoms with Crippen molar-refractivity contribution in [2.75, 3.05) is 13.1 Å². The Morgan fingerprint density at radius 1 is 1.35 bits per heavy atom. The van der Waals surface area contributed by atoms with Crippen LogP contribution >= 0.6 is 0 Å². The number of benzene rings is 1. The van der Waals surface area contributed by atoms with E-state index in [1.807, 2.05) is 6.08 Å². The third-order valence-corrected chi connectivity index (χ3v) is 4.65. The van der Waals surface area contributed by atoms with Crippen molar-refractivity contribution < 1.29 is 29.1 Å². The number of allylic oxidation sites excluding steroid dienone is 1. The summed E-state index contributed by atoms with van der Waals surface area (Å²) < 4.78 is 11.1.